The average molecular weight is 170 g/mol. The zero-order valence-electron chi connectivity index (χ0n) is 7.12. The highest BCUT2D eigenvalue weighted by Crippen LogP contribution is 2.49. The Labute approximate surface area is 72.0 Å². The van der Waals surface area contributed by atoms with Gasteiger partial charge in [0.15, 0.2) is 0 Å². The van der Waals surface area contributed by atoms with E-state index in [0.717, 1.165) is 38.9 Å². The summed E-state index contributed by atoms with van der Waals surface area (Å²) < 4.78 is 10.4. The minimum Gasteiger partial charge on any atom is -0.461 e. The van der Waals surface area contributed by atoms with E-state index in [1.807, 2.05) is 0 Å². The van der Waals surface area contributed by atoms with Gasteiger partial charge in [-0.3, -0.25) is 4.79 Å². The Kier molecular flexibility index (Phi) is 2.05. The lowest BCUT2D eigenvalue weighted by molar-refractivity contribution is -0.141. The van der Waals surface area contributed by atoms with Crippen molar-refractivity contribution in [1.29, 1.82) is 0 Å². The van der Waals surface area contributed by atoms with Crippen LogP contribution in [0.4, 0.5) is 0 Å². The lowest BCUT2D eigenvalue weighted by atomic mass is 9.92. The first-order valence-corrected chi connectivity index (χ1v) is 4.57. The van der Waals surface area contributed by atoms with Gasteiger partial charge in [-0.1, -0.05) is 0 Å². The van der Waals surface area contributed by atoms with Crippen LogP contribution in [0.25, 0.3) is 0 Å². The maximum Gasteiger partial charge on any atom is 0.293 e. The third-order valence-electron chi connectivity index (χ3n) is 2.99. The van der Waals surface area contributed by atoms with E-state index in [0.29, 0.717) is 12.4 Å². The third-order valence-corrected chi connectivity index (χ3v) is 2.99. The molecule has 0 aromatic rings. The van der Waals surface area contributed by atoms with Crippen molar-refractivity contribution in [3.63, 3.8) is 0 Å². The molecular weight excluding hydrogens is 156 g/mol. The van der Waals surface area contributed by atoms with Crippen LogP contribution in [0.5, 0.6) is 0 Å². The quantitative estimate of drug-likeness (QED) is 0.595. The minimum absolute atomic E-state index is 0.0778. The SMILES string of the molecule is O=COC1(C2CCOCC2)CC1. The fourth-order valence-electron chi connectivity index (χ4n) is 2.07. The smallest absolute Gasteiger partial charge is 0.293 e. The van der Waals surface area contributed by atoms with Crippen LogP contribution in [0.1, 0.15) is 25.7 Å². The molecule has 0 N–H and O–H groups in total. The Hall–Kier alpha value is -0.570. The summed E-state index contributed by atoms with van der Waals surface area (Å²) in [5.74, 6) is 0.552. The number of hydrogen-bond acceptors (Lipinski definition) is 3. The van der Waals surface area contributed by atoms with Crippen molar-refractivity contribution < 1.29 is 14.3 Å². The van der Waals surface area contributed by atoms with Crippen molar-refractivity contribution in [2.45, 2.75) is 31.3 Å². The summed E-state index contributed by atoms with van der Waals surface area (Å²) in [6.45, 7) is 2.26. The largest absolute Gasteiger partial charge is 0.461 e. The monoisotopic (exact) mass is 170 g/mol. The Morgan fingerprint density at radius 1 is 1.33 bits per heavy atom. The molecule has 0 amide bonds. The van der Waals surface area contributed by atoms with Gasteiger partial charge in [-0.25, -0.2) is 0 Å². The molecule has 1 saturated carbocycles. The molecule has 3 heteroatoms. The van der Waals surface area contributed by atoms with Gasteiger partial charge in [-0.15, -0.1) is 0 Å². The van der Waals surface area contributed by atoms with Gasteiger partial charge in [0.2, 0.25) is 0 Å². The van der Waals surface area contributed by atoms with Crippen LogP contribution in [-0.2, 0) is 14.3 Å². The molecule has 2 aliphatic rings. The topological polar surface area (TPSA) is 35.5 Å². The second-order valence-corrected chi connectivity index (χ2v) is 3.67. The highest BCUT2D eigenvalue weighted by atomic mass is 16.5. The van der Waals surface area contributed by atoms with Gasteiger partial charge in [-0.05, 0) is 25.7 Å². The summed E-state index contributed by atoms with van der Waals surface area (Å²) in [4.78, 5) is 10.2. The molecule has 0 aromatic heterocycles. The van der Waals surface area contributed by atoms with Gasteiger partial charge >= 0.3 is 0 Å². The maximum atomic E-state index is 10.2. The van der Waals surface area contributed by atoms with Gasteiger partial charge < -0.3 is 9.47 Å². The zero-order chi connectivity index (χ0) is 8.44. The molecule has 0 atom stereocenters. The first-order chi connectivity index (χ1) is 5.87. The number of rotatable bonds is 3. The van der Waals surface area contributed by atoms with Crippen molar-refractivity contribution >= 4 is 6.47 Å². The molecule has 3 nitrogen and oxygen atoms in total. The molecule has 2 fully saturated rings. The Morgan fingerprint density at radius 3 is 2.50 bits per heavy atom. The lowest BCUT2D eigenvalue weighted by Gasteiger charge is -2.28. The van der Waals surface area contributed by atoms with Crippen LogP contribution >= 0.6 is 0 Å². The van der Waals surface area contributed by atoms with Crippen LogP contribution in [0.2, 0.25) is 0 Å². The molecular formula is C9H14O3. The van der Waals surface area contributed by atoms with E-state index < -0.39 is 0 Å². The van der Waals surface area contributed by atoms with E-state index in [2.05, 4.69) is 0 Å². The number of ether oxygens (including phenoxy) is 2. The second kappa shape index (κ2) is 3.05. The minimum atomic E-state index is -0.0778. The van der Waals surface area contributed by atoms with Gasteiger partial charge in [0.05, 0.1) is 0 Å². The van der Waals surface area contributed by atoms with Gasteiger partial charge in [0.1, 0.15) is 5.60 Å². The van der Waals surface area contributed by atoms with Crippen molar-refractivity contribution in [3.05, 3.63) is 0 Å². The molecule has 12 heavy (non-hydrogen) atoms. The van der Waals surface area contributed by atoms with E-state index in [4.69, 9.17) is 9.47 Å². The third kappa shape index (κ3) is 1.33. The Balaban J connectivity index is 1.92. The number of carbonyl (C=O) groups excluding carboxylic acids is 1. The lowest BCUT2D eigenvalue weighted by Crippen LogP contribution is -2.31. The second-order valence-electron chi connectivity index (χ2n) is 3.67. The number of carbonyl (C=O) groups is 1. The highest BCUT2D eigenvalue weighted by Gasteiger charge is 2.51. The maximum absolute atomic E-state index is 10.2. The van der Waals surface area contributed by atoms with E-state index in [9.17, 15) is 4.79 Å². The summed E-state index contributed by atoms with van der Waals surface area (Å²) in [7, 11) is 0. The average Bonchev–Trinajstić information content (AvgIpc) is 2.88. The van der Waals surface area contributed by atoms with Gasteiger partial charge in [0, 0.05) is 19.1 Å². The van der Waals surface area contributed by atoms with E-state index in [-0.39, 0.29) is 5.60 Å². The molecule has 68 valence electrons. The van der Waals surface area contributed by atoms with Crippen molar-refractivity contribution in [2.75, 3.05) is 13.2 Å². The first kappa shape index (κ1) is 8.05. The molecule has 0 radical (unpaired) electrons. The van der Waals surface area contributed by atoms with Gasteiger partial charge in [0.25, 0.3) is 6.47 Å². The van der Waals surface area contributed by atoms with Crippen LogP contribution in [0.3, 0.4) is 0 Å². The van der Waals surface area contributed by atoms with Crippen molar-refractivity contribution in [3.8, 4) is 0 Å². The summed E-state index contributed by atoms with van der Waals surface area (Å²) in [5, 5.41) is 0. The molecule has 1 saturated heterocycles. The Morgan fingerprint density at radius 2 is 2.00 bits per heavy atom. The summed E-state index contributed by atoms with van der Waals surface area (Å²) in [6.07, 6.45) is 4.20. The predicted molar refractivity (Wildman–Crippen MR) is 42.7 cm³/mol. The first-order valence-electron chi connectivity index (χ1n) is 4.57. The summed E-state index contributed by atoms with van der Waals surface area (Å²) >= 11 is 0. The number of hydrogen-bond donors (Lipinski definition) is 0. The molecule has 0 unspecified atom stereocenters. The van der Waals surface area contributed by atoms with Crippen LogP contribution in [-0.4, -0.2) is 25.3 Å². The normalized spacial score (nSPS) is 28.0. The van der Waals surface area contributed by atoms with Crippen molar-refractivity contribution in [1.82, 2.24) is 0 Å². The predicted octanol–water partition coefficient (Wildman–Crippen LogP) is 1.12. The fraction of sp³-hybridized carbons (Fsp3) is 0.889. The van der Waals surface area contributed by atoms with E-state index in [1.165, 1.54) is 0 Å². The molecule has 0 aromatic carbocycles. The molecule has 1 aliphatic heterocycles. The van der Waals surface area contributed by atoms with E-state index >= 15 is 0 Å². The van der Waals surface area contributed by atoms with Crippen LogP contribution in [0.15, 0.2) is 0 Å². The van der Waals surface area contributed by atoms with Crippen LogP contribution < -0.4 is 0 Å². The molecule has 1 aliphatic carbocycles. The Bertz CT molecular complexity index is 169. The molecule has 1 heterocycles. The van der Waals surface area contributed by atoms with Crippen molar-refractivity contribution in [2.24, 2.45) is 5.92 Å². The molecule has 0 bridgehead atoms. The molecule has 0 spiro atoms. The van der Waals surface area contributed by atoms with Gasteiger partial charge in [-0.2, -0.15) is 0 Å². The van der Waals surface area contributed by atoms with E-state index in [1.54, 1.807) is 0 Å². The standard InChI is InChI=1S/C9H14O3/c10-7-12-9(3-4-9)8-1-5-11-6-2-8/h7-8H,1-6H2. The summed E-state index contributed by atoms with van der Waals surface area (Å²) in [6, 6.07) is 0. The van der Waals surface area contributed by atoms with Crippen LogP contribution in [0, 0.1) is 5.92 Å². The fourth-order valence-corrected chi connectivity index (χ4v) is 2.07. The highest BCUT2D eigenvalue weighted by molar-refractivity contribution is 5.39. The zero-order valence-corrected chi connectivity index (χ0v) is 7.12. The molecule has 2 rings (SSSR count). The summed E-state index contributed by atoms with van der Waals surface area (Å²) in [5.41, 5.74) is -0.0778.